The van der Waals surface area contributed by atoms with E-state index in [0.29, 0.717) is 18.4 Å². The second kappa shape index (κ2) is 11.4. The largest absolute Gasteiger partial charge is 0.462 e. The Hall–Kier alpha value is -2.92. The lowest BCUT2D eigenvalue weighted by Gasteiger charge is -2.22. The highest BCUT2D eigenvalue weighted by molar-refractivity contribution is 5.90. The predicted molar refractivity (Wildman–Crippen MR) is 138 cm³/mol. The lowest BCUT2D eigenvalue weighted by atomic mass is 9.85. The molecule has 5 nitrogen and oxygen atoms in total. The molecule has 36 heavy (non-hydrogen) atoms. The zero-order chi connectivity index (χ0) is 24.9. The fourth-order valence-electron chi connectivity index (χ4n) is 6.16. The summed E-state index contributed by atoms with van der Waals surface area (Å²) in [5, 5.41) is 10.6. The van der Waals surface area contributed by atoms with Crippen molar-refractivity contribution in [2.24, 2.45) is 17.8 Å². The Bertz CT molecular complexity index is 1050. The number of carbonyl (C=O) groups is 2. The predicted octanol–water partition coefficient (Wildman–Crippen LogP) is 6.11. The van der Waals surface area contributed by atoms with Gasteiger partial charge in [-0.1, -0.05) is 86.7 Å². The van der Waals surface area contributed by atoms with Crippen LogP contribution in [0.3, 0.4) is 0 Å². The van der Waals surface area contributed by atoms with E-state index in [9.17, 15) is 14.7 Å². The highest BCUT2D eigenvalue weighted by Crippen LogP contribution is 2.44. The maximum Gasteiger partial charge on any atom is 0.338 e. The second-order valence-electron chi connectivity index (χ2n) is 10.6. The fourth-order valence-corrected chi connectivity index (χ4v) is 6.16. The summed E-state index contributed by atoms with van der Waals surface area (Å²) < 4.78 is 11.5. The normalized spacial score (nSPS) is 27.1. The minimum Gasteiger partial charge on any atom is -0.462 e. The summed E-state index contributed by atoms with van der Waals surface area (Å²) in [4.78, 5) is 24.9. The van der Waals surface area contributed by atoms with Gasteiger partial charge >= 0.3 is 11.9 Å². The lowest BCUT2D eigenvalue weighted by Crippen LogP contribution is -2.25. The molecule has 5 rings (SSSR count). The molecule has 0 spiro atoms. The molecule has 2 aromatic carbocycles. The average Bonchev–Trinajstić information content (AvgIpc) is 3.42. The van der Waals surface area contributed by atoms with E-state index in [2.05, 4.69) is 0 Å². The first-order chi connectivity index (χ1) is 17.6. The Kier molecular flexibility index (Phi) is 7.86. The number of ether oxygens (including phenoxy) is 2. The molecule has 0 radical (unpaired) electrons. The SMILES string of the molecule is O=C1C[C@@H]2[C@@H](/C=C/[C@@H](O)CCC3CCCCC3)[C@H](OC(=O)c3ccc(-c4ccccc4)cc3)C[C@@H]2O1. The van der Waals surface area contributed by atoms with Gasteiger partial charge in [0, 0.05) is 18.3 Å². The van der Waals surface area contributed by atoms with E-state index in [4.69, 9.17) is 9.47 Å². The zero-order valence-electron chi connectivity index (χ0n) is 20.8. The molecule has 0 bridgehead atoms. The van der Waals surface area contributed by atoms with Crippen LogP contribution < -0.4 is 0 Å². The Morgan fingerprint density at radius 2 is 1.75 bits per heavy atom. The number of hydrogen-bond acceptors (Lipinski definition) is 5. The van der Waals surface area contributed by atoms with Crippen molar-refractivity contribution in [3.63, 3.8) is 0 Å². The van der Waals surface area contributed by atoms with Crippen molar-refractivity contribution in [3.8, 4) is 11.1 Å². The van der Waals surface area contributed by atoms with Crippen molar-refractivity contribution in [1.29, 1.82) is 0 Å². The van der Waals surface area contributed by atoms with Crippen LogP contribution in [-0.2, 0) is 14.3 Å². The zero-order valence-corrected chi connectivity index (χ0v) is 20.8. The highest BCUT2D eigenvalue weighted by Gasteiger charge is 2.50. The molecule has 2 saturated carbocycles. The molecule has 2 aliphatic carbocycles. The summed E-state index contributed by atoms with van der Waals surface area (Å²) in [6.07, 6.45) is 11.8. The number of rotatable bonds is 8. The number of aliphatic hydroxyl groups excluding tert-OH is 1. The van der Waals surface area contributed by atoms with Crippen LogP contribution in [0.15, 0.2) is 66.7 Å². The third-order valence-electron chi connectivity index (χ3n) is 8.19. The van der Waals surface area contributed by atoms with Gasteiger partial charge in [-0.05, 0) is 42.0 Å². The van der Waals surface area contributed by atoms with Crippen LogP contribution in [0.5, 0.6) is 0 Å². The van der Waals surface area contributed by atoms with Gasteiger partial charge in [0.05, 0.1) is 18.1 Å². The van der Waals surface area contributed by atoms with Crippen molar-refractivity contribution >= 4 is 11.9 Å². The van der Waals surface area contributed by atoms with Gasteiger partial charge in [-0.25, -0.2) is 4.79 Å². The molecule has 3 fully saturated rings. The van der Waals surface area contributed by atoms with Crippen molar-refractivity contribution in [1.82, 2.24) is 0 Å². The van der Waals surface area contributed by atoms with Gasteiger partial charge in [-0.15, -0.1) is 0 Å². The maximum absolute atomic E-state index is 13.0. The van der Waals surface area contributed by atoms with Gasteiger partial charge in [0.15, 0.2) is 0 Å². The van der Waals surface area contributed by atoms with Crippen molar-refractivity contribution in [2.45, 2.75) is 76.1 Å². The summed E-state index contributed by atoms with van der Waals surface area (Å²) in [5.74, 6) is 0.000976. The third kappa shape index (κ3) is 5.89. The summed E-state index contributed by atoms with van der Waals surface area (Å²) in [7, 11) is 0. The van der Waals surface area contributed by atoms with E-state index in [1.54, 1.807) is 12.1 Å². The van der Waals surface area contributed by atoms with E-state index < -0.39 is 6.10 Å². The molecule has 0 amide bonds. The molecule has 0 unspecified atom stereocenters. The van der Waals surface area contributed by atoms with Gasteiger partial charge in [-0.3, -0.25) is 4.79 Å². The van der Waals surface area contributed by atoms with Crippen LogP contribution in [-0.4, -0.2) is 35.4 Å². The van der Waals surface area contributed by atoms with Gasteiger partial charge < -0.3 is 14.6 Å². The fraction of sp³-hybridized carbons (Fsp3) is 0.484. The molecule has 5 atom stereocenters. The van der Waals surface area contributed by atoms with Gasteiger partial charge in [0.1, 0.15) is 12.2 Å². The van der Waals surface area contributed by atoms with Crippen molar-refractivity contribution in [3.05, 3.63) is 72.3 Å². The number of esters is 2. The van der Waals surface area contributed by atoms with E-state index in [1.165, 1.54) is 32.1 Å². The smallest absolute Gasteiger partial charge is 0.338 e. The Morgan fingerprint density at radius 3 is 2.50 bits per heavy atom. The molecule has 2 aromatic rings. The van der Waals surface area contributed by atoms with Crippen LogP contribution >= 0.6 is 0 Å². The Balaban J connectivity index is 1.22. The van der Waals surface area contributed by atoms with Crippen LogP contribution in [0.25, 0.3) is 11.1 Å². The first-order valence-electron chi connectivity index (χ1n) is 13.5. The second-order valence-corrected chi connectivity index (χ2v) is 10.6. The topological polar surface area (TPSA) is 72.8 Å². The number of fused-ring (bicyclic) bond motifs is 1. The molecule has 1 N–H and O–H groups in total. The minimum atomic E-state index is -0.522. The van der Waals surface area contributed by atoms with E-state index in [-0.39, 0.29) is 36.0 Å². The molecule has 0 aromatic heterocycles. The minimum absolute atomic E-state index is 0.0162. The lowest BCUT2D eigenvalue weighted by molar-refractivity contribution is -0.141. The number of carbonyl (C=O) groups excluding carboxylic acids is 2. The van der Waals surface area contributed by atoms with Gasteiger partial charge in [0.2, 0.25) is 0 Å². The quantitative estimate of drug-likeness (QED) is 0.359. The summed E-state index contributed by atoms with van der Waals surface area (Å²) in [6.45, 7) is 0. The number of aliphatic hydroxyl groups is 1. The molecule has 1 saturated heterocycles. The van der Waals surface area contributed by atoms with Gasteiger partial charge in [0.25, 0.3) is 0 Å². The molecule has 190 valence electrons. The van der Waals surface area contributed by atoms with E-state index in [1.807, 2.05) is 54.6 Å². The van der Waals surface area contributed by atoms with Crippen LogP contribution in [0.1, 0.15) is 68.1 Å². The standard InChI is InChI=1S/C31H36O5/c32-25(16-11-21-7-3-1-4-8-21)17-18-26-27-19-30(33)35-29(27)20-28(26)36-31(34)24-14-12-23(13-15-24)22-9-5-2-6-10-22/h2,5-6,9-10,12-15,17-18,21,25-29,32H,1,3-4,7-8,11,16,19-20H2/b18-17+/t25-,26+,27+,28+,29-/m0/s1. The first-order valence-corrected chi connectivity index (χ1v) is 13.5. The Morgan fingerprint density at radius 1 is 1.03 bits per heavy atom. The monoisotopic (exact) mass is 488 g/mol. The highest BCUT2D eigenvalue weighted by atomic mass is 16.6. The summed E-state index contributed by atoms with van der Waals surface area (Å²) >= 11 is 0. The molecule has 1 heterocycles. The van der Waals surface area contributed by atoms with Gasteiger partial charge in [-0.2, -0.15) is 0 Å². The molecule has 5 heteroatoms. The molecular weight excluding hydrogens is 452 g/mol. The van der Waals surface area contributed by atoms with Crippen LogP contribution in [0.2, 0.25) is 0 Å². The van der Waals surface area contributed by atoms with E-state index >= 15 is 0 Å². The van der Waals surface area contributed by atoms with Crippen molar-refractivity contribution < 1.29 is 24.2 Å². The molecular formula is C31H36O5. The molecule has 1 aliphatic heterocycles. The summed E-state index contributed by atoms with van der Waals surface area (Å²) in [6, 6.07) is 17.5. The molecule has 3 aliphatic rings. The summed E-state index contributed by atoms with van der Waals surface area (Å²) in [5.41, 5.74) is 2.63. The van der Waals surface area contributed by atoms with E-state index in [0.717, 1.165) is 29.9 Å². The number of benzene rings is 2. The van der Waals surface area contributed by atoms with Crippen LogP contribution in [0, 0.1) is 17.8 Å². The van der Waals surface area contributed by atoms with Crippen LogP contribution in [0.4, 0.5) is 0 Å². The van der Waals surface area contributed by atoms with Crippen molar-refractivity contribution in [2.75, 3.05) is 0 Å². The average molecular weight is 489 g/mol. The third-order valence-corrected chi connectivity index (χ3v) is 8.19. The number of hydrogen-bond donors (Lipinski definition) is 1. The first kappa shape index (κ1) is 24.8. The maximum atomic E-state index is 13.0. The Labute approximate surface area is 213 Å².